The van der Waals surface area contributed by atoms with Gasteiger partial charge in [-0.1, -0.05) is 12.2 Å². The molecule has 2 heterocycles. The lowest BCUT2D eigenvalue weighted by atomic mass is 9.53. The van der Waals surface area contributed by atoms with Crippen molar-refractivity contribution < 1.29 is 14.9 Å². The molecule has 2 aliphatic carbocycles. The molecule has 0 unspecified atom stereocenters. The fourth-order valence-electron chi connectivity index (χ4n) is 5.89. The number of hydrogen-bond donors (Lipinski definition) is 3. The van der Waals surface area contributed by atoms with Crippen LogP contribution in [-0.4, -0.2) is 53.6 Å². The maximum Gasteiger partial charge on any atom is 0.139 e. The fourth-order valence-corrected chi connectivity index (χ4v) is 6.21. The zero-order valence-corrected chi connectivity index (χ0v) is 15.4. The third-order valence-electron chi connectivity index (χ3n) is 6.98. The van der Waals surface area contributed by atoms with Crippen LogP contribution in [0.5, 0.6) is 5.75 Å². The van der Waals surface area contributed by atoms with Gasteiger partial charge < -0.3 is 19.8 Å². The molecule has 1 saturated heterocycles. The average Bonchev–Trinajstić information content (AvgIpc) is 2.95. The molecule has 5 atom stereocenters. The quantitative estimate of drug-likeness (QED) is 0.568. The summed E-state index contributed by atoms with van der Waals surface area (Å²) in [5.41, 5.74) is 3.87. The lowest BCUT2D eigenvalue weighted by Crippen LogP contribution is -2.64. The van der Waals surface area contributed by atoms with Crippen molar-refractivity contribution in [1.29, 1.82) is 0 Å². The summed E-state index contributed by atoms with van der Waals surface area (Å²) in [5, 5.41) is 20.0. The first-order valence-electron chi connectivity index (χ1n) is 9.30. The molecule has 0 amide bonds. The van der Waals surface area contributed by atoms with Gasteiger partial charge in [-0.3, -0.25) is 0 Å². The number of rotatable bonds is 3. The summed E-state index contributed by atoms with van der Waals surface area (Å²) in [6.07, 6.45) is 7.06. The van der Waals surface area contributed by atoms with Crippen molar-refractivity contribution in [3.63, 3.8) is 0 Å². The number of thiol groups is 1. The first-order chi connectivity index (χ1) is 12.1. The van der Waals surface area contributed by atoms with Crippen LogP contribution in [0.3, 0.4) is 0 Å². The molecule has 1 aromatic rings. The van der Waals surface area contributed by atoms with Crippen LogP contribution < -0.4 is 4.74 Å². The van der Waals surface area contributed by atoms with Crippen LogP contribution in [0.1, 0.15) is 29.5 Å². The summed E-state index contributed by atoms with van der Waals surface area (Å²) in [5.74, 6) is 1.28. The maximum absolute atomic E-state index is 10.7. The summed E-state index contributed by atoms with van der Waals surface area (Å²) in [6, 6.07) is 2.57. The largest absolute Gasteiger partial charge is 0.485 e. The van der Waals surface area contributed by atoms with E-state index in [4.69, 9.17) is 17.4 Å². The van der Waals surface area contributed by atoms with Gasteiger partial charge >= 0.3 is 0 Å². The highest BCUT2D eigenvalue weighted by atomic mass is 32.1. The van der Waals surface area contributed by atoms with Crippen LogP contribution in [0.15, 0.2) is 23.1 Å². The minimum Gasteiger partial charge on any atom is -0.485 e. The van der Waals surface area contributed by atoms with E-state index in [0.29, 0.717) is 12.0 Å². The molecule has 2 N–H and O–H groups in total. The first kappa shape index (κ1) is 16.2. The minimum absolute atomic E-state index is 0.124. The number of nitrogens with zero attached hydrogens (tertiary/aromatic N) is 1. The van der Waals surface area contributed by atoms with Crippen LogP contribution in [0.2, 0.25) is 0 Å². The van der Waals surface area contributed by atoms with Gasteiger partial charge in [0.05, 0.1) is 0 Å². The molecule has 0 aromatic heterocycles. The standard InChI is InChI=1S/C20H25NO3S/c1-21-7-6-20-13-4-5-15(23)19(20)24-18-16(25)9-11(3-2-8-22)12(17(18)20)10-14(13)21/h4-5,9,13-15,19,22-23,25H,2-3,6-8,10H2,1H3/t13-,14+,15-,19-,20-/m0/s1. The molecule has 134 valence electrons. The molecule has 2 aliphatic heterocycles. The molecule has 1 fully saturated rings. The van der Waals surface area contributed by atoms with Crippen molar-refractivity contribution in [3.8, 4) is 5.75 Å². The van der Waals surface area contributed by atoms with Gasteiger partial charge in [0.25, 0.3) is 0 Å². The van der Waals surface area contributed by atoms with E-state index in [0.717, 1.165) is 42.9 Å². The average molecular weight is 359 g/mol. The predicted octanol–water partition coefficient (Wildman–Crippen LogP) is 1.71. The Morgan fingerprint density at radius 1 is 1.40 bits per heavy atom. The van der Waals surface area contributed by atoms with E-state index < -0.39 is 6.10 Å². The van der Waals surface area contributed by atoms with E-state index in [9.17, 15) is 10.2 Å². The van der Waals surface area contributed by atoms with E-state index in [1.165, 1.54) is 16.7 Å². The van der Waals surface area contributed by atoms with Gasteiger partial charge in [-0.15, -0.1) is 12.6 Å². The number of aliphatic hydroxyl groups is 2. The number of piperidine rings is 1. The van der Waals surface area contributed by atoms with Crippen LogP contribution in [0.25, 0.3) is 0 Å². The van der Waals surface area contributed by atoms with Gasteiger partial charge in [0, 0.05) is 34.4 Å². The van der Waals surface area contributed by atoms with Crippen molar-refractivity contribution in [2.45, 2.75) is 54.2 Å². The Hall–Kier alpha value is -1.01. The molecule has 2 bridgehead atoms. The molecule has 1 aromatic carbocycles. The molecule has 4 nitrogen and oxygen atoms in total. The molecule has 0 radical (unpaired) electrons. The van der Waals surface area contributed by atoms with Crippen molar-refractivity contribution in [2.24, 2.45) is 5.92 Å². The lowest BCUT2D eigenvalue weighted by Gasteiger charge is -2.56. The zero-order chi connectivity index (χ0) is 17.3. The van der Waals surface area contributed by atoms with Gasteiger partial charge in [0.2, 0.25) is 0 Å². The SMILES string of the molecule is CN1CC[C@]23c4c5c(CCCO)cc(S)c4O[C@H]2[C@@H](O)C=C[C@H]3[C@H]1C5. The van der Waals surface area contributed by atoms with Gasteiger partial charge in [0.15, 0.2) is 0 Å². The third kappa shape index (κ3) is 1.95. The Kier molecular flexibility index (Phi) is 3.56. The Morgan fingerprint density at radius 2 is 2.24 bits per heavy atom. The zero-order valence-electron chi connectivity index (χ0n) is 14.5. The number of benzene rings is 1. The molecule has 5 rings (SSSR count). The highest BCUT2D eigenvalue weighted by Crippen LogP contribution is 2.62. The van der Waals surface area contributed by atoms with E-state index in [1.807, 2.05) is 6.08 Å². The summed E-state index contributed by atoms with van der Waals surface area (Å²) in [4.78, 5) is 3.35. The van der Waals surface area contributed by atoms with Crippen LogP contribution >= 0.6 is 12.6 Å². The molecular formula is C20H25NO3S. The van der Waals surface area contributed by atoms with E-state index >= 15 is 0 Å². The van der Waals surface area contributed by atoms with Gasteiger partial charge in [-0.25, -0.2) is 0 Å². The van der Waals surface area contributed by atoms with Crippen LogP contribution in [-0.2, 0) is 18.3 Å². The third-order valence-corrected chi connectivity index (χ3v) is 7.31. The van der Waals surface area contributed by atoms with Crippen LogP contribution in [0.4, 0.5) is 0 Å². The summed E-state index contributed by atoms with van der Waals surface area (Å²) < 4.78 is 6.37. The highest BCUT2D eigenvalue weighted by Gasteiger charge is 2.64. The smallest absolute Gasteiger partial charge is 0.139 e. The number of aryl methyl sites for hydroxylation is 1. The second-order valence-corrected chi connectivity index (χ2v) is 8.53. The normalized spacial score (nSPS) is 37.8. The Bertz CT molecular complexity index is 764. The van der Waals surface area contributed by atoms with Crippen LogP contribution in [0, 0.1) is 5.92 Å². The first-order valence-corrected chi connectivity index (χ1v) is 9.75. The molecule has 25 heavy (non-hydrogen) atoms. The van der Waals surface area contributed by atoms with E-state index in [1.54, 1.807) is 0 Å². The van der Waals surface area contributed by atoms with Crippen molar-refractivity contribution >= 4 is 12.6 Å². The predicted molar refractivity (Wildman–Crippen MR) is 98.6 cm³/mol. The number of likely N-dealkylation sites (tertiary alicyclic amines) is 1. The van der Waals surface area contributed by atoms with E-state index in [-0.39, 0.29) is 18.1 Å². The summed E-state index contributed by atoms with van der Waals surface area (Å²) in [6.45, 7) is 1.24. The molecule has 0 saturated carbocycles. The summed E-state index contributed by atoms with van der Waals surface area (Å²) in [7, 11) is 2.22. The van der Waals surface area contributed by atoms with Gasteiger partial charge in [-0.05, 0) is 56.5 Å². The molecule has 4 aliphatic rings. The number of hydrogen-bond acceptors (Lipinski definition) is 5. The molecule has 5 heteroatoms. The van der Waals surface area contributed by atoms with Crippen molar-refractivity contribution in [1.82, 2.24) is 4.90 Å². The second-order valence-electron chi connectivity index (χ2n) is 8.05. The second kappa shape index (κ2) is 5.49. The Morgan fingerprint density at radius 3 is 3.04 bits per heavy atom. The summed E-state index contributed by atoms with van der Waals surface area (Å²) >= 11 is 4.72. The Balaban J connectivity index is 1.77. The van der Waals surface area contributed by atoms with Gasteiger partial charge in [0.1, 0.15) is 18.0 Å². The highest BCUT2D eigenvalue weighted by molar-refractivity contribution is 7.80. The number of ether oxygens (including phenoxy) is 1. The number of likely N-dealkylation sites (N-methyl/N-ethyl adjacent to an activating group) is 1. The number of aliphatic hydroxyl groups excluding tert-OH is 2. The van der Waals surface area contributed by atoms with Gasteiger partial charge in [-0.2, -0.15) is 0 Å². The molecule has 1 spiro atoms. The monoisotopic (exact) mass is 359 g/mol. The maximum atomic E-state index is 10.7. The minimum atomic E-state index is -0.563. The lowest BCUT2D eigenvalue weighted by molar-refractivity contribution is -0.0455. The molecular weight excluding hydrogens is 334 g/mol. The van der Waals surface area contributed by atoms with Crippen molar-refractivity contribution in [3.05, 3.63) is 34.9 Å². The van der Waals surface area contributed by atoms with Crippen molar-refractivity contribution in [2.75, 3.05) is 20.2 Å². The fraction of sp³-hybridized carbons (Fsp3) is 0.600. The van der Waals surface area contributed by atoms with E-state index in [2.05, 4.69) is 24.1 Å². The Labute approximate surface area is 153 Å². The topological polar surface area (TPSA) is 52.9 Å².